The molecule has 5 nitrogen and oxygen atoms in total. The fourth-order valence-electron chi connectivity index (χ4n) is 2.45. The van der Waals surface area contributed by atoms with Crippen LogP contribution in [-0.2, 0) is 20.9 Å². The predicted octanol–water partition coefficient (Wildman–Crippen LogP) is 2.60. The Kier molecular flexibility index (Phi) is 6.20. The summed E-state index contributed by atoms with van der Waals surface area (Å²) >= 11 is 0. The van der Waals surface area contributed by atoms with Crippen molar-refractivity contribution in [3.05, 3.63) is 42.0 Å². The van der Waals surface area contributed by atoms with Crippen LogP contribution in [0.3, 0.4) is 0 Å². The molecule has 1 aliphatic carbocycles. The van der Waals surface area contributed by atoms with E-state index in [1.807, 2.05) is 30.3 Å². The monoisotopic (exact) mass is 317 g/mol. The first-order chi connectivity index (χ1) is 11.1. The van der Waals surface area contributed by atoms with Crippen LogP contribution in [0.5, 0.6) is 5.75 Å². The lowest BCUT2D eigenvalue weighted by Crippen LogP contribution is -2.35. The van der Waals surface area contributed by atoms with Crippen LogP contribution in [-0.4, -0.2) is 25.1 Å². The summed E-state index contributed by atoms with van der Waals surface area (Å²) in [6.07, 6.45) is 5.65. The van der Waals surface area contributed by atoms with Crippen LogP contribution in [0.1, 0.15) is 31.7 Å². The SMILES string of the molecule is COc1ccc(CNC(=O)[C@@H](C)OC(=O)C[C@H]2C=CCC2)cc1. The van der Waals surface area contributed by atoms with E-state index in [1.54, 1.807) is 14.0 Å². The summed E-state index contributed by atoms with van der Waals surface area (Å²) in [7, 11) is 1.61. The molecule has 1 aromatic rings. The highest BCUT2D eigenvalue weighted by Crippen LogP contribution is 2.21. The molecule has 2 rings (SSSR count). The Balaban J connectivity index is 1.73. The van der Waals surface area contributed by atoms with Gasteiger partial charge in [0.25, 0.3) is 5.91 Å². The molecule has 2 atom stereocenters. The molecular formula is C18H23NO4. The molecular weight excluding hydrogens is 294 g/mol. The van der Waals surface area contributed by atoms with Gasteiger partial charge in [-0.15, -0.1) is 0 Å². The van der Waals surface area contributed by atoms with Gasteiger partial charge in [0.2, 0.25) is 0 Å². The molecule has 1 aliphatic rings. The van der Waals surface area contributed by atoms with Crippen LogP contribution in [0.15, 0.2) is 36.4 Å². The number of hydrogen-bond acceptors (Lipinski definition) is 4. The highest BCUT2D eigenvalue weighted by Gasteiger charge is 2.20. The molecule has 0 heterocycles. The molecule has 1 amide bonds. The molecule has 0 fully saturated rings. The standard InChI is InChI=1S/C18H23NO4/c1-13(23-17(20)11-14-5-3-4-6-14)18(21)19-12-15-7-9-16(22-2)10-8-15/h3,5,7-10,13-14H,4,6,11-12H2,1-2H3,(H,19,21)/t13-,14+/m1/s1. The average Bonchev–Trinajstić information content (AvgIpc) is 3.05. The summed E-state index contributed by atoms with van der Waals surface area (Å²) < 4.78 is 10.3. The Hall–Kier alpha value is -2.30. The van der Waals surface area contributed by atoms with E-state index in [-0.39, 0.29) is 17.8 Å². The number of hydrogen-bond donors (Lipinski definition) is 1. The Morgan fingerprint density at radius 3 is 2.65 bits per heavy atom. The molecule has 0 unspecified atom stereocenters. The summed E-state index contributed by atoms with van der Waals surface area (Å²) in [4.78, 5) is 23.8. The third-order valence-electron chi connectivity index (χ3n) is 3.84. The second-order valence-corrected chi connectivity index (χ2v) is 5.67. The van der Waals surface area contributed by atoms with E-state index in [4.69, 9.17) is 9.47 Å². The van der Waals surface area contributed by atoms with Crippen LogP contribution < -0.4 is 10.1 Å². The van der Waals surface area contributed by atoms with Gasteiger partial charge in [-0.3, -0.25) is 9.59 Å². The summed E-state index contributed by atoms with van der Waals surface area (Å²) in [5.74, 6) is 0.394. The quantitative estimate of drug-likeness (QED) is 0.620. The number of benzene rings is 1. The number of amides is 1. The molecule has 124 valence electrons. The molecule has 0 aromatic heterocycles. The maximum Gasteiger partial charge on any atom is 0.307 e. The number of rotatable bonds is 7. The lowest BCUT2D eigenvalue weighted by molar-refractivity contribution is -0.155. The first kappa shape index (κ1) is 17.1. The largest absolute Gasteiger partial charge is 0.497 e. The van der Waals surface area contributed by atoms with E-state index < -0.39 is 6.10 Å². The zero-order valence-corrected chi connectivity index (χ0v) is 13.6. The van der Waals surface area contributed by atoms with Gasteiger partial charge in [-0.05, 0) is 43.4 Å². The molecule has 0 radical (unpaired) electrons. The Labute approximate surface area is 136 Å². The second-order valence-electron chi connectivity index (χ2n) is 5.67. The van der Waals surface area contributed by atoms with Gasteiger partial charge < -0.3 is 14.8 Å². The molecule has 0 spiro atoms. The number of carbonyl (C=O) groups is 2. The van der Waals surface area contributed by atoms with Gasteiger partial charge >= 0.3 is 5.97 Å². The van der Waals surface area contributed by atoms with E-state index in [2.05, 4.69) is 11.4 Å². The number of ether oxygens (including phenoxy) is 2. The van der Waals surface area contributed by atoms with Crippen LogP contribution in [0.4, 0.5) is 0 Å². The molecule has 23 heavy (non-hydrogen) atoms. The minimum atomic E-state index is -0.786. The van der Waals surface area contributed by atoms with Crippen LogP contribution in [0, 0.1) is 5.92 Å². The van der Waals surface area contributed by atoms with Crippen LogP contribution >= 0.6 is 0 Å². The van der Waals surface area contributed by atoms with E-state index in [9.17, 15) is 9.59 Å². The lowest BCUT2D eigenvalue weighted by atomic mass is 10.1. The molecule has 1 aromatic carbocycles. The van der Waals surface area contributed by atoms with Crippen molar-refractivity contribution in [3.63, 3.8) is 0 Å². The molecule has 0 bridgehead atoms. The van der Waals surface area contributed by atoms with Crippen molar-refractivity contribution < 1.29 is 19.1 Å². The van der Waals surface area contributed by atoms with E-state index >= 15 is 0 Å². The number of nitrogens with one attached hydrogen (secondary N) is 1. The van der Waals surface area contributed by atoms with Crippen molar-refractivity contribution in [1.82, 2.24) is 5.32 Å². The van der Waals surface area contributed by atoms with Crippen molar-refractivity contribution in [2.45, 2.75) is 38.8 Å². The second kappa shape index (κ2) is 8.36. The smallest absolute Gasteiger partial charge is 0.307 e. The highest BCUT2D eigenvalue weighted by atomic mass is 16.5. The molecule has 5 heteroatoms. The Morgan fingerprint density at radius 1 is 1.30 bits per heavy atom. The van der Waals surface area contributed by atoms with E-state index in [0.717, 1.165) is 24.2 Å². The topological polar surface area (TPSA) is 64.6 Å². The first-order valence-corrected chi connectivity index (χ1v) is 7.85. The third kappa shape index (κ3) is 5.43. The summed E-state index contributed by atoms with van der Waals surface area (Å²) in [5.41, 5.74) is 0.953. The Morgan fingerprint density at radius 2 is 2.04 bits per heavy atom. The number of esters is 1. The predicted molar refractivity (Wildman–Crippen MR) is 86.9 cm³/mol. The Bertz CT molecular complexity index is 565. The molecule has 1 N–H and O–H groups in total. The van der Waals surface area contributed by atoms with Gasteiger partial charge in [0.1, 0.15) is 5.75 Å². The third-order valence-corrected chi connectivity index (χ3v) is 3.84. The van der Waals surface area contributed by atoms with E-state index in [1.165, 1.54) is 0 Å². The van der Waals surface area contributed by atoms with Crippen molar-refractivity contribution in [3.8, 4) is 5.75 Å². The number of allylic oxidation sites excluding steroid dienone is 2. The fraction of sp³-hybridized carbons (Fsp3) is 0.444. The minimum absolute atomic E-state index is 0.247. The lowest BCUT2D eigenvalue weighted by Gasteiger charge is -2.15. The normalized spacial score (nSPS) is 17.6. The minimum Gasteiger partial charge on any atom is -0.497 e. The van der Waals surface area contributed by atoms with Crippen molar-refractivity contribution >= 4 is 11.9 Å². The van der Waals surface area contributed by atoms with Crippen molar-refractivity contribution in [1.29, 1.82) is 0 Å². The molecule has 0 aliphatic heterocycles. The van der Waals surface area contributed by atoms with Gasteiger partial charge in [0, 0.05) is 6.54 Å². The highest BCUT2D eigenvalue weighted by molar-refractivity contribution is 5.83. The van der Waals surface area contributed by atoms with Gasteiger partial charge in [0.15, 0.2) is 6.10 Å². The van der Waals surface area contributed by atoms with Crippen LogP contribution in [0.2, 0.25) is 0 Å². The number of carbonyl (C=O) groups excluding carboxylic acids is 2. The zero-order chi connectivity index (χ0) is 16.7. The van der Waals surface area contributed by atoms with Gasteiger partial charge in [-0.1, -0.05) is 24.3 Å². The summed E-state index contributed by atoms with van der Waals surface area (Å²) in [5, 5.41) is 2.76. The fourth-order valence-corrected chi connectivity index (χ4v) is 2.45. The average molecular weight is 317 g/mol. The zero-order valence-electron chi connectivity index (χ0n) is 13.6. The van der Waals surface area contributed by atoms with E-state index in [0.29, 0.717) is 13.0 Å². The van der Waals surface area contributed by atoms with Crippen molar-refractivity contribution in [2.75, 3.05) is 7.11 Å². The maximum atomic E-state index is 12.0. The van der Waals surface area contributed by atoms with Gasteiger partial charge in [-0.2, -0.15) is 0 Å². The van der Waals surface area contributed by atoms with Crippen molar-refractivity contribution in [2.24, 2.45) is 5.92 Å². The molecule has 0 saturated heterocycles. The van der Waals surface area contributed by atoms with Gasteiger partial charge in [0.05, 0.1) is 13.5 Å². The molecule has 0 saturated carbocycles. The maximum absolute atomic E-state index is 12.0. The van der Waals surface area contributed by atoms with Crippen LogP contribution in [0.25, 0.3) is 0 Å². The summed E-state index contributed by atoms with van der Waals surface area (Å²) in [6.45, 7) is 1.97. The first-order valence-electron chi connectivity index (χ1n) is 7.85. The summed E-state index contributed by atoms with van der Waals surface area (Å²) in [6, 6.07) is 7.42. The number of methoxy groups -OCH3 is 1. The van der Waals surface area contributed by atoms with Gasteiger partial charge in [-0.25, -0.2) is 0 Å².